The molecule has 0 aromatic rings. The number of rotatable bonds is 28. The van der Waals surface area contributed by atoms with Crippen molar-refractivity contribution in [2.24, 2.45) is 28.7 Å². The maximum atomic E-state index is 13.1. The highest BCUT2D eigenvalue weighted by atomic mass is 16.2. The summed E-state index contributed by atoms with van der Waals surface area (Å²) in [7, 11) is 1.50. The van der Waals surface area contributed by atoms with E-state index in [9.17, 15) is 24.0 Å². The predicted molar refractivity (Wildman–Crippen MR) is 181 cm³/mol. The molecule has 0 rings (SSSR count). The molecule has 0 fully saturated rings. The lowest BCUT2D eigenvalue weighted by Gasteiger charge is -2.21. The number of amides is 5. The van der Waals surface area contributed by atoms with Crippen LogP contribution < -0.4 is 55.3 Å². The van der Waals surface area contributed by atoms with Crippen molar-refractivity contribution in [1.82, 2.24) is 26.6 Å². The van der Waals surface area contributed by atoms with Gasteiger partial charge in [-0.15, -0.1) is 0 Å². The Morgan fingerprint density at radius 3 is 1.33 bits per heavy atom. The smallest absolute Gasteiger partial charge is 0.242 e. The molecule has 268 valence electrons. The monoisotopic (exact) mass is 657 g/mol. The van der Waals surface area contributed by atoms with Crippen LogP contribution in [0.5, 0.6) is 0 Å². The van der Waals surface area contributed by atoms with E-state index in [0.29, 0.717) is 84.0 Å². The van der Waals surface area contributed by atoms with Gasteiger partial charge >= 0.3 is 0 Å². The lowest BCUT2D eigenvalue weighted by molar-refractivity contribution is -0.130. The number of carbonyl (C=O) groups excluding carboxylic acids is 5. The second-order valence-corrected chi connectivity index (χ2v) is 11.8. The number of carbonyl (C=O) groups is 5. The second-order valence-electron chi connectivity index (χ2n) is 11.8. The van der Waals surface area contributed by atoms with E-state index in [1.807, 2.05) is 6.92 Å². The fourth-order valence-corrected chi connectivity index (χ4v) is 4.73. The molecule has 15 N–H and O–H groups in total. The van der Waals surface area contributed by atoms with Gasteiger partial charge in [0, 0.05) is 20.1 Å². The number of likely N-dealkylation sites (N-methyl/N-ethyl adjacent to an activating group) is 1. The van der Waals surface area contributed by atoms with Crippen molar-refractivity contribution in [3.8, 4) is 0 Å². The van der Waals surface area contributed by atoms with Crippen molar-refractivity contribution in [3.63, 3.8) is 0 Å². The van der Waals surface area contributed by atoms with Gasteiger partial charge in [0.25, 0.3) is 0 Å². The average molecular weight is 657 g/mol. The van der Waals surface area contributed by atoms with Gasteiger partial charge in [-0.1, -0.05) is 32.6 Å². The van der Waals surface area contributed by atoms with E-state index in [1.165, 1.54) is 7.05 Å². The summed E-state index contributed by atoms with van der Waals surface area (Å²) >= 11 is 0. The minimum Gasteiger partial charge on any atom is -0.357 e. The number of unbranched alkanes of at least 4 members (excludes halogenated alkanes) is 5. The first-order valence-electron chi connectivity index (χ1n) is 17.1. The van der Waals surface area contributed by atoms with Crippen LogP contribution in [-0.2, 0) is 24.0 Å². The van der Waals surface area contributed by atoms with Gasteiger partial charge in [0.2, 0.25) is 29.5 Å². The van der Waals surface area contributed by atoms with Gasteiger partial charge in [-0.05, 0) is 83.7 Å². The van der Waals surface area contributed by atoms with Crippen LogP contribution in [0.2, 0.25) is 0 Å². The Morgan fingerprint density at radius 1 is 0.500 bits per heavy atom. The molecule has 0 spiro atoms. The van der Waals surface area contributed by atoms with Crippen LogP contribution in [0.15, 0.2) is 0 Å². The van der Waals surface area contributed by atoms with Crippen molar-refractivity contribution in [2.75, 3.05) is 33.2 Å². The molecular formula is C31H64N10O5. The van der Waals surface area contributed by atoms with Crippen LogP contribution in [0.3, 0.4) is 0 Å². The van der Waals surface area contributed by atoms with E-state index in [-0.39, 0.29) is 29.5 Å². The quantitative estimate of drug-likeness (QED) is 0.0445. The van der Waals surface area contributed by atoms with E-state index in [1.54, 1.807) is 0 Å². The molecule has 0 heterocycles. The van der Waals surface area contributed by atoms with Crippen LogP contribution in [-0.4, -0.2) is 93.0 Å². The Bertz CT molecular complexity index is 879. The zero-order valence-corrected chi connectivity index (χ0v) is 28.2. The number of hydrogen-bond acceptors (Lipinski definition) is 10. The topological polar surface area (TPSA) is 276 Å². The third kappa shape index (κ3) is 20.3. The summed E-state index contributed by atoms with van der Waals surface area (Å²) in [5, 5.41) is 13.8. The summed E-state index contributed by atoms with van der Waals surface area (Å²) in [5.74, 6) is -1.64. The minimum absolute atomic E-state index is 0.218. The van der Waals surface area contributed by atoms with E-state index < -0.39 is 30.2 Å². The molecule has 0 aromatic carbocycles. The summed E-state index contributed by atoms with van der Waals surface area (Å²) < 4.78 is 0. The lowest BCUT2D eigenvalue weighted by atomic mass is 10.1. The summed E-state index contributed by atoms with van der Waals surface area (Å²) in [6.07, 6.45) is 9.39. The number of nitrogens with two attached hydrogens (primary N) is 5. The molecule has 46 heavy (non-hydrogen) atoms. The molecule has 5 unspecified atom stereocenters. The third-order valence-electron chi connectivity index (χ3n) is 7.77. The average Bonchev–Trinajstić information content (AvgIpc) is 3.04. The summed E-state index contributed by atoms with van der Waals surface area (Å²) in [6, 6.07) is -3.54. The van der Waals surface area contributed by atoms with Crippen LogP contribution in [0.1, 0.15) is 103 Å². The fraction of sp³-hybridized carbons (Fsp3) is 0.839. The Morgan fingerprint density at radius 2 is 0.891 bits per heavy atom. The maximum Gasteiger partial charge on any atom is 0.242 e. The Balaban J connectivity index is 4.89. The van der Waals surface area contributed by atoms with Gasteiger partial charge in [-0.2, -0.15) is 0 Å². The van der Waals surface area contributed by atoms with Crippen LogP contribution in [0.4, 0.5) is 0 Å². The molecule has 5 amide bonds. The normalized spacial score (nSPS) is 14.3. The molecule has 0 aliphatic carbocycles. The first-order chi connectivity index (χ1) is 22.0. The first-order valence-corrected chi connectivity index (χ1v) is 17.1. The van der Waals surface area contributed by atoms with E-state index >= 15 is 0 Å². The molecule has 0 aliphatic heterocycles. The molecule has 0 aliphatic rings. The SMILES string of the molecule is CCCCC(N)C(=O)NC(CCCCNC(=O)C(N)CCCCN)C(=O)NCCCCC(NC(=O)C(N)CCCCN)C(=O)NC. The predicted octanol–water partition coefficient (Wildman–Crippen LogP) is -1.29. The van der Waals surface area contributed by atoms with Gasteiger partial charge in [-0.3, -0.25) is 24.0 Å². The Labute approximate surface area is 275 Å². The van der Waals surface area contributed by atoms with Gasteiger partial charge in [0.1, 0.15) is 12.1 Å². The van der Waals surface area contributed by atoms with Crippen LogP contribution >= 0.6 is 0 Å². The van der Waals surface area contributed by atoms with Crippen LogP contribution in [0, 0.1) is 0 Å². The molecular weight excluding hydrogens is 592 g/mol. The van der Waals surface area contributed by atoms with Gasteiger partial charge in [0.15, 0.2) is 0 Å². The van der Waals surface area contributed by atoms with Gasteiger partial charge < -0.3 is 55.3 Å². The summed E-state index contributed by atoms with van der Waals surface area (Å²) in [4.78, 5) is 62.8. The standard InChI is InChI=1S/C31H64N10O5/c1-3-4-13-23(35)28(43)41-26(17-8-11-20-38-27(42)22(34)14-5-9-18-32)31(46)39-21-12-7-16-25(30(45)37-2)40-29(44)24(36)15-6-10-19-33/h22-26H,3-21,32-36H2,1-2H3,(H,37,45)(H,38,42)(H,39,46)(H,40,44)(H,41,43). The highest BCUT2D eigenvalue weighted by molar-refractivity contribution is 5.90. The molecule has 0 saturated heterocycles. The summed E-state index contributed by atoms with van der Waals surface area (Å²) in [5.41, 5.74) is 28.9. The largest absolute Gasteiger partial charge is 0.357 e. The van der Waals surface area contributed by atoms with Gasteiger partial charge in [0.05, 0.1) is 18.1 Å². The summed E-state index contributed by atoms with van der Waals surface area (Å²) in [6.45, 7) is 3.82. The Hall–Kier alpha value is -2.85. The molecule has 0 radical (unpaired) electrons. The first kappa shape index (κ1) is 43.1. The molecule has 0 aromatic heterocycles. The highest BCUT2D eigenvalue weighted by Crippen LogP contribution is 2.07. The number of nitrogens with one attached hydrogen (secondary N) is 5. The molecule has 5 atom stereocenters. The molecule has 15 heteroatoms. The lowest BCUT2D eigenvalue weighted by Crippen LogP contribution is -2.52. The maximum absolute atomic E-state index is 13.1. The molecule has 15 nitrogen and oxygen atoms in total. The van der Waals surface area contributed by atoms with E-state index in [2.05, 4.69) is 26.6 Å². The minimum atomic E-state index is -0.784. The number of hydrogen-bond donors (Lipinski definition) is 10. The zero-order valence-electron chi connectivity index (χ0n) is 28.2. The van der Waals surface area contributed by atoms with E-state index in [0.717, 1.165) is 38.5 Å². The van der Waals surface area contributed by atoms with Crippen molar-refractivity contribution >= 4 is 29.5 Å². The van der Waals surface area contributed by atoms with Crippen molar-refractivity contribution in [2.45, 2.75) is 133 Å². The highest BCUT2D eigenvalue weighted by Gasteiger charge is 2.25. The van der Waals surface area contributed by atoms with Crippen molar-refractivity contribution < 1.29 is 24.0 Å². The third-order valence-corrected chi connectivity index (χ3v) is 7.77. The van der Waals surface area contributed by atoms with Crippen molar-refractivity contribution in [1.29, 1.82) is 0 Å². The van der Waals surface area contributed by atoms with E-state index in [4.69, 9.17) is 28.7 Å². The molecule has 0 bridgehead atoms. The zero-order chi connectivity index (χ0) is 34.7. The second kappa shape index (κ2) is 27.3. The van der Waals surface area contributed by atoms with Gasteiger partial charge in [-0.25, -0.2) is 0 Å². The van der Waals surface area contributed by atoms with Crippen LogP contribution in [0.25, 0.3) is 0 Å². The van der Waals surface area contributed by atoms with Crippen molar-refractivity contribution in [3.05, 3.63) is 0 Å². The fourth-order valence-electron chi connectivity index (χ4n) is 4.73. The molecule has 0 saturated carbocycles. The Kier molecular flexibility index (Phi) is 25.6.